The highest BCUT2D eigenvalue weighted by atomic mass is 14.9. The summed E-state index contributed by atoms with van der Waals surface area (Å²) in [5, 5.41) is 11.2. The molecule has 2 aromatic carbocycles. The van der Waals surface area contributed by atoms with Gasteiger partial charge in [-0.2, -0.15) is 0 Å². The van der Waals surface area contributed by atoms with E-state index in [0.717, 1.165) is 5.57 Å². The molecule has 0 fully saturated rings. The third-order valence-corrected chi connectivity index (χ3v) is 4.57. The molecular weight excluding hydrogens is 244 g/mol. The second-order valence-corrected chi connectivity index (χ2v) is 5.39. The largest absolute Gasteiger partial charge is 0.390 e. The van der Waals surface area contributed by atoms with Crippen LogP contribution in [0.15, 0.2) is 59.8 Å². The lowest BCUT2D eigenvalue weighted by molar-refractivity contribution is 0.699. The van der Waals surface area contributed by atoms with Crippen molar-refractivity contribution in [3.8, 4) is 0 Å². The average molecular weight is 260 g/mol. The molecule has 0 aliphatic heterocycles. The van der Waals surface area contributed by atoms with Crippen molar-refractivity contribution in [2.45, 2.75) is 11.8 Å². The number of allylic oxidation sites excluding steroid dienone is 2. The number of nitrogens with one attached hydrogen (secondary N) is 2. The van der Waals surface area contributed by atoms with E-state index in [9.17, 15) is 0 Å². The molecule has 3 aliphatic carbocycles. The average Bonchev–Trinajstić information content (AvgIpc) is 2.53. The van der Waals surface area contributed by atoms with Crippen molar-refractivity contribution in [3.05, 3.63) is 82.1 Å². The first kappa shape index (κ1) is 11.5. The Morgan fingerprint density at radius 2 is 1.30 bits per heavy atom. The molecule has 98 valence electrons. The topological polar surface area (TPSA) is 35.9 Å². The van der Waals surface area contributed by atoms with Gasteiger partial charge in [-0.25, -0.2) is 0 Å². The summed E-state index contributed by atoms with van der Waals surface area (Å²) in [5.41, 5.74) is 7.76. The van der Waals surface area contributed by atoms with E-state index in [1.807, 2.05) is 7.05 Å². The van der Waals surface area contributed by atoms with Gasteiger partial charge in [-0.05, 0) is 22.3 Å². The zero-order chi connectivity index (χ0) is 13.7. The number of hydrogen-bond acceptors (Lipinski definition) is 2. The number of benzene rings is 2. The number of likely N-dealkylation sites (N-methyl/N-ethyl adjacent to an activating group) is 1. The van der Waals surface area contributed by atoms with Crippen LogP contribution in [0.3, 0.4) is 0 Å². The second kappa shape index (κ2) is 4.07. The van der Waals surface area contributed by atoms with E-state index in [0.29, 0.717) is 0 Å². The van der Waals surface area contributed by atoms with Gasteiger partial charge in [0, 0.05) is 36.4 Å². The minimum atomic E-state index is 0.201. The van der Waals surface area contributed by atoms with E-state index in [4.69, 9.17) is 5.41 Å². The lowest BCUT2D eigenvalue weighted by Gasteiger charge is -2.42. The van der Waals surface area contributed by atoms with Gasteiger partial charge in [0.2, 0.25) is 0 Å². The molecule has 0 aromatic heterocycles. The van der Waals surface area contributed by atoms with Crippen LogP contribution in [0.5, 0.6) is 0 Å². The fourth-order valence-corrected chi connectivity index (χ4v) is 3.83. The highest BCUT2D eigenvalue weighted by Crippen LogP contribution is 2.53. The van der Waals surface area contributed by atoms with Gasteiger partial charge in [0.05, 0.1) is 0 Å². The van der Waals surface area contributed by atoms with Crippen LogP contribution in [0.25, 0.3) is 0 Å². The summed E-state index contributed by atoms with van der Waals surface area (Å²) in [6.45, 7) is 0. The van der Waals surface area contributed by atoms with Crippen molar-refractivity contribution < 1.29 is 0 Å². The summed E-state index contributed by atoms with van der Waals surface area (Å²) in [6, 6.07) is 17.3. The third kappa shape index (κ3) is 1.26. The maximum atomic E-state index is 7.85. The maximum Gasteiger partial charge on any atom is 0.0497 e. The standard InChI is InChI=1S/C18H16N2/c1-20-18-15(10-19)16-11-6-2-4-8-13(11)17(18)14-9-5-3-7-12(14)16/h2-10,16-17,19-20H,1H3. The summed E-state index contributed by atoms with van der Waals surface area (Å²) in [6.07, 6.45) is 1.52. The van der Waals surface area contributed by atoms with Gasteiger partial charge in [0.25, 0.3) is 0 Å². The van der Waals surface area contributed by atoms with Gasteiger partial charge in [0.15, 0.2) is 0 Å². The fourth-order valence-electron chi connectivity index (χ4n) is 3.83. The molecule has 3 aliphatic rings. The van der Waals surface area contributed by atoms with Crippen LogP contribution in [0.4, 0.5) is 0 Å². The molecule has 0 radical (unpaired) electrons. The van der Waals surface area contributed by atoms with Gasteiger partial charge in [-0.1, -0.05) is 48.5 Å². The summed E-state index contributed by atoms with van der Waals surface area (Å²) in [7, 11) is 1.96. The molecule has 0 atom stereocenters. The van der Waals surface area contributed by atoms with Gasteiger partial charge in [-0.3, -0.25) is 0 Å². The Balaban J connectivity index is 2.09. The molecule has 0 saturated heterocycles. The van der Waals surface area contributed by atoms with E-state index in [1.165, 1.54) is 34.2 Å². The second-order valence-electron chi connectivity index (χ2n) is 5.39. The lowest BCUT2D eigenvalue weighted by atomic mass is 9.63. The molecule has 2 N–H and O–H groups in total. The van der Waals surface area contributed by atoms with Crippen LogP contribution < -0.4 is 5.32 Å². The molecule has 0 amide bonds. The minimum Gasteiger partial charge on any atom is -0.390 e. The molecule has 0 heterocycles. The Bertz CT molecular complexity index is 695. The fraction of sp³-hybridized carbons (Fsp3) is 0.167. The van der Waals surface area contributed by atoms with Crippen LogP contribution in [-0.4, -0.2) is 13.3 Å². The molecule has 20 heavy (non-hydrogen) atoms. The zero-order valence-corrected chi connectivity index (χ0v) is 11.4. The molecule has 2 nitrogen and oxygen atoms in total. The van der Waals surface area contributed by atoms with Crippen molar-refractivity contribution in [2.75, 3.05) is 7.05 Å². The van der Waals surface area contributed by atoms with E-state index >= 15 is 0 Å². The monoisotopic (exact) mass is 260 g/mol. The lowest BCUT2D eigenvalue weighted by Crippen LogP contribution is -2.33. The Morgan fingerprint density at radius 1 is 0.850 bits per heavy atom. The Labute approximate surface area is 118 Å². The molecule has 0 spiro atoms. The molecule has 2 bridgehead atoms. The Kier molecular flexibility index (Phi) is 2.34. The normalized spacial score (nSPS) is 22.2. The predicted octanol–water partition coefficient (Wildman–Crippen LogP) is 3.40. The highest BCUT2D eigenvalue weighted by Gasteiger charge is 2.41. The van der Waals surface area contributed by atoms with Crippen molar-refractivity contribution in [2.24, 2.45) is 0 Å². The zero-order valence-electron chi connectivity index (χ0n) is 11.4. The van der Waals surface area contributed by atoms with Crippen molar-refractivity contribution in [1.82, 2.24) is 5.32 Å². The van der Waals surface area contributed by atoms with E-state index in [1.54, 1.807) is 0 Å². The molecule has 5 rings (SSSR count). The van der Waals surface area contributed by atoms with E-state index in [-0.39, 0.29) is 11.8 Å². The summed E-state index contributed by atoms with van der Waals surface area (Å²) in [4.78, 5) is 0. The first-order valence-corrected chi connectivity index (χ1v) is 6.96. The van der Waals surface area contributed by atoms with Crippen LogP contribution in [-0.2, 0) is 0 Å². The molecule has 2 aromatic rings. The molecule has 0 saturated carbocycles. The number of hydrogen-bond donors (Lipinski definition) is 2. The van der Waals surface area contributed by atoms with Crippen LogP contribution in [0.2, 0.25) is 0 Å². The van der Waals surface area contributed by atoms with Crippen LogP contribution in [0, 0.1) is 5.41 Å². The quantitative estimate of drug-likeness (QED) is 0.798. The van der Waals surface area contributed by atoms with Gasteiger partial charge in [0.1, 0.15) is 0 Å². The maximum absolute atomic E-state index is 7.85. The smallest absolute Gasteiger partial charge is 0.0497 e. The van der Waals surface area contributed by atoms with E-state index in [2.05, 4.69) is 53.8 Å². The first-order chi connectivity index (χ1) is 9.86. The van der Waals surface area contributed by atoms with Gasteiger partial charge >= 0.3 is 0 Å². The Morgan fingerprint density at radius 3 is 1.70 bits per heavy atom. The number of rotatable bonds is 2. The molecular formula is C18H16N2. The predicted molar refractivity (Wildman–Crippen MR) is 81.4 cm³/mol. The Hall–Kier alpha value is -2.35. The summed E-state index contributed by atoms with van der Waals surface area (Å²) >= 11 is 0. The van der Waals surface area contributed by atoms with Crippen molar-refractivity contribution in [1.29, 1.82) is 5.41 Å². The van der Waals surface area contributed by atoms with Crippen LogP contribution >= 0.6 is 0 Å². The minimum absolute atomic E-state index is 0.201. The molecule has 2 heteroatoms. The summed E-state index contributed by atoms with van der Waals surface area (Å²) in [5.74, 6) is 0.446. The van der Waals surface area contributed by atoms with Crippen LogP contribution in [0.1, 0.15) is 34.1 Å². The van der Waals surface area contributed by atoms with Gasteiger partial charge < -0.3 is 10.7 Å². The SMILES string of the molecule is CNC1=C(C=N)C2c3ccccc3C1c1ccccc12. The van der Waals surface area contributed by atoms with Crippen molar-refractivity contribution >= 4 is 6.21 Å². The third-order valence-electron chi connectivity index (χ3n) is 4.57. The summed E-state index contributed by atoms with van der Waals surface area (Å²) < 4.78 is 0. The highest BCUT2D eigenvalue weighted by molar-refractivity contribution is 5.86. The van der Waals surface area contributed by atoms with Crippen molar-refractivity contribution in [3.63, 3.8) is 0 Å². The van der Waals surface area contributed by atoms with E-state index < -0.39 is 0 Å². The molecule has 0 unspecified atom stereocenters. The first-order valence-electron chi connectivity index (χ1n) is 6.96. The van der Waals surface area contributed by atoms with Gasteiger partial charge in [-0.15, -0.1) is 0 Å².